The van der Waals surface area contributed by atoms with Gasteiger partial charge in [0.05, 0.1) is 23.0 Å². The Hall–Kier alpha value is -2.94. The molecule has 0 radical (unpaired) electrons. The minimum atomic E-state index is -0.117. The van der Waals surface area contributed by atoms with Gasteiger partial charge in [0.15, 0.2) is 0 Å². The van der Waals surface area contributed by atoms with Gasteiger partial charge in [0, 0.05) is 32.0 Å². The first-order valence-electron chi connectivity index (χ1n) is 9.52. The zero-order valence-electron chi connectivity index (χ0n) is 16.6. The van der Waals surface area contributed by atoms with Gasteiger partial charge in [-0.1, -0.05) is 11.3 Å². The molecule has 1 aromatic carbocycles. The summed E-state index contributed by atoms with van der Waals surface area (Å²) in [6, 6.07) is 7.56. The molecule has 1 aliphatic rings. The number of ether oxygens (including phenoxy) is 1. The second-order valence-corrected chi connectivity index (χ2v) is 8.19. The number of aryl methyl sites for hydroxylation is 1. The molecule has 152 valence electrons. The molecule has 9 heteroatoms. The minimum Gasteiger partial charge on any atom is -0.497 e. The predicted molar refractivity (Wildman–Crippen MR) is 112 cm³/mol. The van der Waals surface area contributed by atoms with Crippen LogP contribution in [-0.4, -0.2) is 51.7 Å². The largest absolute Gasteiger partial charge is 0.497 e. The first-order valence-corrected chi connectivity index (χ1v) is 10.3. The van der Waals surface area contributed by atoms with Gasteiger partial charge in [-0.3, -0.25) is 9.59 Å². The molecule has 0 aliphatic carbocycles. The second kappa shape index (κ2) is 7.82. The van der Waals surface area contributed by atoms with Crippen LogP contribution in [0.3, 0.4) is 0 Å². The smallest absolute Gasteiger partial charge is 0.228 e. The Morgan fingerprint density at radius 3 is 2.69 bits per heavy atom. The summed E-state index contributed by atoms with van der Waals surface area (Å²) in [5.74, 6) is 1.28. The summed E-state index contributed by atoms with van der Waals surface area (Å²) in [4.78, 5) is 30.7. The van der Waals surface area contributed by atoms with Crippen molar-refractivity contribution in [1.82, 2.24) is 19.7 Å². The molecule has 8 nitrogen and oxygen atoms in total. The SMILES string of the molecule is COc1ccc2nc(-n3nc(C)cc3NC(=O)C3CCN(C(C)=O)CC3)sc2c1. The lowest BCUT2D eigenvalue weighted by molar-refractivity contribution is -0.132. The van der Waals surface area contributed by atoms with E-state index in [4.69, 9.17) is 4.74 Å². The molecule has 1 fully saturated rings. The Morgan fingerprint density at radius 1 is 1.24 bits per heavy atom. The van der Waals surface area contributed by atoms with Crippen molar-refractivity contribution in [1.29, 1.82) is 0 Å². The van der Waals surface area contributed by atoms with Crippen molar-refractivity contribution in [3.63, 3.8) is 0 Å². The number of nitrogens with zero attached hydrogens (tertiary/aromatic N) is 4. The molecule has 29 heavy (non-hydrogen) atoms. The van der Waals surface area contributed by atoms with Crippen LogP contribution in [0.2, 0.25) is 0 Å². The number of rotatable bonds is 4. The number of carbonyl (C=O) groups excluding carboxylic acids is 2. The van der Waals surface area contributed by atoms with Crippen LogP contribution in [0.4, 0.5) is 5.82 Å². The van der Waals surface area contributed by atoms with E-state index in [-0.39, 0.29) is 17.7 Å². The Morgan fingerprint density at radius 2 is 2.00 bits per heavy atom. The molecule has 4 rings (SSSR count). The molecule has 2 aromatic heterocycles. The molecule has 0 atom stereocenters. The number of benzene rings is 1. The van der Waals surface area contributed by atoms with Crippen LogP contribution in [0, 0.1) is 12.8 Å². The zero-order valence-corrected chi connectivity index (χ0v) is 17.5. The van der Waals surface area contributed by atoms with Gasteiger partial charge >= 0.3 is 0 Å². The van der Waals surface area contributed by atoms with E-state index in [9.17, 15) is 9.59 Å². The first kappa shape index (κ1) is 19.4. The number of methoxy groups -OCH3 is 1. The molecule has 1 aliphatic heterocycles. The highest BCUT2D eigenvalue weighted by atomic mass is 32.1. The van der Waals surface area contributed by atoms with Crippen LogP contribution in [-0.2, 0) is 9.59 Å². The third-order valence-corrected chi connectivity index (χ3v) is 6.15. The molecular formula is C20H23N5O3S. The number of likely N-dealkylation sites (tertiary alicyclic amines) is 1. The van der Waals surface area contributed by atoms with Crippen molar-refractivity contribution >= 4 is 39.2 Å². The van der Waals surface area contributed by atoms with Crippen LogP contribution >= 0.6 is 11.3 Å². The highest BCUT2D eigenvalue weighted by molar-refractivity contribution is 7.20. The molecule has 0 unspecified atom stereocenters. The molecule has 0 bridgehead atoms. The first-order chi connectivity index (χ1) is 13.9. The van der Waals surface area contributed by atoms with Gasteiger partial charge in [-0.15, -0.1) is 0 Å². The van der Waals surface area contributed by atoms with Crippen LogP contribution in [0.1, 0.15) is 25.5 Å². The highest BCUT2D eigenvalue weighted by Gasteiger charge is 2.27. The van der Waals surface area contributed by atoms with Crippen molar-refractivity contribution in [3.05, 3.63) is 30.0 Å². The fraction of sp³-hybridized carbons (Fsp3) is 0.400. The number of hydrogen-bond acceptors (Lipinski definition) is 6. The normalized spacial score (nSPS) is 14.9. The molecule has 3 aromatic rings. The van der Waals surface area contributed by atoms with E-state index in [0.717, 1.165) is 21.7 Å². The monoisotopic (exact) mass is 413 g/mol. The number of carbonyl (C=O) groups is 2. The van der Waals surface area contributed by atoms with Gasteiger partial charge in [-0.05, 0) is 38.0 Å². The van der Waals surface area contributed by atoms with E-state index in [2.05, 4.69) is 15.4 Å². The topological polar surface area (TPSA) is 89.3 Å². The average molecular weight is 414 g/mol. The van der Waals surface area contributed by atoms with Gasteiger partial charge in [-0.25, -0.2) is 4.98 Å². The van der Waals surface area contributed by atoms with Crippen LogP contribution in [0.15, 0.2) is 24.3 Å². The van der Waals surface area contributed by atoms with Crippen LogP contribution in [0.5, 0.6) is 5.75 Å². The lowest BCUT2D eigenvalue weighted by Gasteiger charge is -2.30. The standard InChI is InChI=1S/C20H23N5O3S/c1-12-10-18(22-19(27)14-6-8-24(9-7-14)13(2)26)25(23-12)20-21-16-5-4-15(28-3)11-17(16)29-20/h4-5,10-11,14H,6-9H2,1-3H3,(H,22,27). The molecular weight excluding hydrogens is 390 g/mol. The quantitative estimate of drug-likeness (QED) is 0.710. The zero-order chi connectivity index (χ0) is 20.5. The maximum atomic E-state index is 12.8. The van der Waals surface area contributed by atoms with E-state index in [0.29, 0.717) is 36.9 Å². The second-order valence-electron chi connectivity index (χ2n) is 7.18. The summed E-state index contributed by atoms with van der Waals surface area (Å²) in [6.07, 6.45) is 1.33. The van der Waals surface area contributed by atoms with Crippen LogP contribution < -0.4 is 10.1 Å². The molecule has 1 saturated heterocycles. The number of nitrogens with one attached hydrogen (secondary N) is 1. The van der Waals surface area contributed by atoms with Gasteiger partial charge < -0.3 is 15.0 Å². The van der Waals surface area contributed by atoms with Gasteiger partial charge in [0.25, 0.3) is 0 Å². The number of thiazole rings is 1. The number of fused-ring (bicyclic) bond motifs is 1. The summed E-state index contributed by atoms with van der Waals surface area (Å²) < 4.78 is 7.95. The Labute approximate surface area is 172 Å². The van der Waals surface area contributed by atoms with Crippen molar-refractivity contribution in [2.45, 2.75) is 26.7 Å². The lowest BCUT2D eigenvalue weighted by atomic mass is 9.96. The number of hydrogen-bond donors (Lipinski definition) is 1. The number of amides is 2. The summed E-state index contributed by atoms with van der Waals surface area (Å²) in [5.41, 5.74) is 1.65. The average Bonchev–Trinajstić information content (AvgIpc) is 3.30. The summed E-state index contributed by atoms with van der Waals surface area (Å²) >= 11 is 1.49. The Bertz CT molecular complexity index is 1070. The Kier molecular flexibility index (Phi) is 5.23. The van der Waals surface area contributed by atoms with Gasteiger partial charge in [0.1, 0.15) is 11.6 Å². The van der Waals surface area contributed by atoms with E-state index in [1.165, 1.54) is 11.3 Å². The molecule has 0 spiro atoms. The molecule has 2 amide bonds. The number of anilines is 1. The number of aromatic nitrogens is 3. The fourth-order valence-corrected chi connectivity index (χ4v) is 4.49. The van der Waals surface area contributed by atoms with Crippen molar-refractivity contribution in [3.8, 4) is 10.9 Å². The third-order valence-electron chi connectivity index (χ3n) is 5.16. The van der Waals surface area contributed by atoms with E-state index in [1.807, 2.05) is 31.2 Å². The van der Waals surface area contributed by atoms with Gasteiger partial charge in [0.2, 0.25) is 16.9 Å². The summed E-state index contributed by atoms with van der Waals surface area (Å²) in [6.45, 7) is 4.68. The van der Waals surface area contributed by atoms with E-state index in [1.54, 1.807) is 23.6 Å². The van der Waals surface area contributed by atoms with Crippen molar-refractivity contribution in [2.24, 2.45) is 5.92 Å². The maximum absolute atomic E-state index is 12.8. The van der Waals surface area contributed by atoms with Gasteiger partial charge in [-0.2, -0.15) is 9.78 Å². The molecule has 0 saturated carbocycles. The maximum Gasteiger partial charge on any atom is 0.228 e. The molecule has 3 heterocycles. The summed E-state index contributed by atoms with van der Waals surface area (Å²) in [5, 5.41) is 8.21. The predicted octanol–water partition coefficient (Wildman–Crippen LogP) is 3.00. The summed E-state index contributed by atoms with van der Waals surface area (Å²) in [7, 11) is 1.63. The highest BCUT2D eigenvalue weighted by Crippen LogP contribution is 2.30. The fourth-order valence-electron chi connectivity index (χ4n) is 3.53. The van der Waals surface area contributed by atoms with E-state index < -0.39 is 0 Å². The van der Waals surface area contributed by atoms with E-state index >= 15 is 0 Å². The van der Waals surface area contributed by atoms with Crippen LogP contribution in [0.25, 0.3) is 15.3 Å². The third kappa shape index (κ3) is 3.95. The number of piperidine rings is 1. The van der Waals surface area contributed by atoms with Crippen molar-refractivity contribution in [2.75, 3.05) is 25.5 Å². The molecule has 1 N–H and O–H groups in total. The lowest BCUT2D eigenvalue weighted by Crippen LogP contribution is -2.40. The minimum absolute atomic E-state index is 0.0443. The Balaban J connectivity index is 1.54. The van der Waals surface area contributed by atoms with Crippen molar-refractivity contribution < 1.29 is 14.3 Å².